The van der Waals surface area contributed by atoms with Crippen LogP contribution in [0.25, 0.3) is 0 Å². The van der Waals surface area contributed by atoms with E-state index in [1.165, 1.54) is 4.90 Å². The Morgan fingerprint density at radius 2 is 2.03 bits per heavy atom. The third-order valence-corrected chi connectivity index (χ3v) is 7.02. The number of carbonyl (C=O) groups is 4. The monoisotopic (exact) mass is 475 g/mol. The number of alkyl halides is 3. The summed E-state index contributed by atoms with van der Waals surface area (Å²) in [6, 6.07) is -2.16. The number of ketones is 1. The summed E-state index contributed by atoms with van der Waals surface area (Å²) in [5.41, 5.74) is -0.124. The Morgan fingerprint density at radius 1 is 1.27 bits per heavy atom. The summed E-state index contributed by atoms with van der Waals surface area (Å²) in [7, 11) is 0. The predicted molar refractivity (Wildman–Crippen MR) is 105 cm³/mol. The molecule has 3 amide bonds. The van der Waals surface area contributed by atoms with Crippen molar-refractivity contribution in [2.75, 3.05) is 26.3 Å². The first-order chi connectivity index (χ1) is 15.6. The first-order valence-corrected chi connectivity index (χ1v) is 11.3. The minimum absolute atomic E-state index is 0.124. The number of carbonyl (C=O) groups excluding carboxylic acids is 4. The summed E-state index contributed by atoms with van der Waals surface area (Å²) in [6.45, 7) is 0.0261. The average molecular weight is 475 g/mol. The topological polar surface area (TPSA) is 114 Å². The van der Waals surface area contributed by atoms with Gasteiger partial charge < -0.3 is 20.3 Å². The van der Waals surface area contributed by atoms with Crippen LogP contribution in [0.2, 0.25) is 0 Å². The van der Waals surface area contributed by atoms with Crippen molar-refractivity contribution < 1.29 is 41.8 Å². The Balaban J connectivity index is 1.46. The van der Waals surface area contributed by atoms with Gasteiger partial charge in [-0.3, -0.25) is 23.9 Å². The van der Waals surface area contributed by atoms with Crippen molar-refractivity contribution in [2.45, 2.75) is 69.5 Å². The molecule has 4 atom stereocenters. The van der Waals surface area contributed by atoms with Crippen LogP contribution in [0.3, 0.4) is 0 Å². The molecular weight excluding hydrogens is 447 g/mol. The molecule has 1 unspecified atom stereocenters. The molecule has 3 saturated heterocycles. The third kappa shape index (κ3) is 5.65. The zero-order valence-corrected chi connectivity index (χ0v) is 18.1. The number of amides is 3. The third-order valence-electron chi connectivity index (χ3n) is 7.02. The number of ether oxygens (including phenoxy) is 2. The molecule has 4 aliphatic rings. The molecule has 1 aliphatic carbocycles. The van der Waals surface area contributed by atoms with Crippen molar-refractivity contribution in [3.05, 3.63) is 0 Å². The molecule has 1 saturated carbocycles. The van der Waals surface area contributed by atoms with Crippen molar-refractivity contribution >= 4 is 23.5 Å². The average Bonchev–Trinajstić information content (AvgIpc) is 3.13. The van der Waals surface area contributed by atoms with E-state index in [1.54, 1.807) is 0 Å². The van der Waals surface area contributed by atoms with Crippen LogP contribution in [-0.2, 0) is 28.7 Å². The molecule has 33 heavy (non-hydrogen) atoms. The lowest BCUT2D eigenvalue weighted by atomic mass is 9.95. The van der Waals surface area contributed by atoms with Crippen LogP contribution in [0.5, 0.6) is 0 Å². The van der Waals surface area contributed by atoms with E-state index in [1.807, 2.05) is 0 Å². The number of hydrogen-bond acceptors (Lipinski definition) is 6. The maximum atomic E-state index is 13.2. The molecule has 1 spiro atoms. The lowest BCUT2D eigenvalue weighted by Crippen LogP contribution is -2.53. The summed E-state index contributed by atoms with van der Waals surface area (Å²) >= 11 is 0. The highest BCUT2D eigenvalue weighted by Gasteiger charge is 2.56. The minimum atomic E-state index is -5.00. The second-order valence-electron chi connectivity index (χ2n) is 9.46. The fourth-order valence-electron chi connectivity index (χ4n) is 4.97. The van der Waals surface area contributed by atoms with Crippen molar-refractivity contribution in [1.82, 2.24) is 15.5 Å². The Hall–Kier alpha value is -2.21. The number of nitrogens with zero attached hydrogens (tertiary/aromatic N) is 1. The van der Waals surface area contributed by atoms with Crippen molar-refractivity contribution in [3.63, 3.8) is 0 Å². The standard InChI is InChI=1S/C21H28F3N3O6/c22-21(23,24)33-10-15(28)13(8-12-3-6-25-17(12)29)26-18(30)14-9-20(4-5-20)11-27(14)19(31)16-2-1-7-32-16/h12-14,16H,1-11H2,(H,25,29)(H,26,30)/t12-,13?,14-,16-/m0/s1. The predicted octanol–water partition coefficient (Wildman–Crippen LogP) is 0.663. The van der Waals surface area contributed by atoms with E-state index in [0.717, 1.165) is 19.3 Å². The highest BCUT2D eigenvalue weighted by atomic mass is 19.4. The molecule has 3 aliphatic heterocycles. The highest BCUT2D eigenvalue weighted by molar-refractivity contribution is 5.95. The number of hydrogen-bond donors (Lipinski definition) is 2. The second kappa shape index (κ2) is 9.21. The Bertz CT molecular complexity index is 810. The Kier molecular flexibility index (Phi) is 6.68. The summed E-state index contributed by atoms with van der Waals surface area (Å²) < 4.78 is 46.5. The van der Waals surface area contributed by atoms with Gasteiger partial charge in [-0.05, 0) is 50.4 Å². The summed E-state index contributed by atoms with van der Waals surface area (Å²) in [4.78, 5) is 52.2. The molecule has 12 heteroatoms. The van der Waals surface area contributed by atoms with Gasteiger partial charge in [-0.2, -0.15) is 0 Å². The molecule has 3 heterocycles. The normalized spacial score (nSPS) is 29.2. The quantitative estimate of drug-likeness (QED) is 0.533. The van der Waals surface area contributed by atoms with Crippen LogP contribution in [0, 0.1) is 11.3 Å². The SMILES string of the molecule is O=C(COC(F)(F)F)C(C[C@@H]1CCNC1=O)NC(=O)[C@@H]1CC2(CC2)CN1C(=O)[C@@H]1CCCO1. The molecule has 4 rings (SSSR count). The van der Waals surface area contributed by atoms with Crippen LogP contribution in [0.1, 0.15) is 44.9 Å². The molecule has 0 aromatic heterocycles. The first-order valence-electron chi connectivity index (χ1n) is 11.3. The van der Waals surface area contributed by atoms with Gasteiger partial charge in [-0.15, -0.1) is 13.2 Å². The van der Waals surface area contributed by atoms with E-state index < -0.39 is 48.8 Å². The molecule has 0 aromatic rings. The molecule has 2 N–H and O–H groups in total. The van der Waals surface area contributed by atoms with Gasteiger partial charge in [0.1, 0.15) is 18.8 Å². The fraction of sp³-hybridized carbons (Fsp3) is 0.810. The zero-order valence-electron chi connectivity index (χ0n) is 18.1. The van der Waals surface area contributed by atoms with Gasteiger partial charge >= 0.3 is 6.36 Å². The van der Waals surface area contributed by atoms with E-state index >= 15 is 0 Å². The minimum Gasteiger partial charge on any atom is -0.368 e. The van der Waals surface area contributed by atoms with Gasteiger partial charge in [-0.25, -0.2) is 0 Å². The van der Waals surface area contributed by atoms with Gasteiger partial charge in [0.05, 0.1) is 6.04 Å². The van der Waals surface area contributed by atoms with E-state index in [4.69, 9.17) is 4.74 Å². The lowest BCUT2D eigenvalue weighted by Gasteiger charge is -2.28. The van der Waals surface area contributed by atoms with Crippen molar-refractivity contribution in [1.29, 1.82) is 0 Å². The second-order valence-corrected chi connectivity index (χ2v) is 9.46. The number of likely N-dealkylation sites (tertiary alicyclic amines) is 1. The van der Waals surface area contributed by atoms with Crippen LogP contribution >= 0.6 is 0 Å². The van der Waals surface area contributed by atoms with Crippen LogP contribution in [0.4, 0.5) is 13.2 Å². The van der Waals surface area contributed by atoms with E-state index in [2.05, 4.69) is 15.4 Å². The van der Waals surface area contributed by atoms with Gasteiger partial charge in [-0.1, -0.05) is 0 Å². The van der Waals surface area contributed by atoms with Crippen molar-refractivity contribution in [2.24, 2.45) is 11.3 Å². The van der Waals surface area contributed by atoms with Gasteiger partial charge in [0.2, 0.25) is 11.8 Å². The van der Waals surface area contributed by atoms with Crippen LogP contribution < -0.4 is 10.6 Å². The molecule has 184 valence electrons. The number of Topliss-reactive ketones (excluding diaryl/α,β-unsaturated/α-hetero) is 1. The summed E-state index contributed by atoms with van der Waals surface area (Å²) in [6.07, 6.45) is -1.79. The maximum Gasteiger partial charge on any atom is 0.522 e. The van der Waals surface area contributed by atoms with E-state index in [0.29, 0.717) is 39.0 Å². The molecule has 9 nitrogen and oxygen atoms in total. The number of halogens is 3. The fourth-order valence-corrected chi connectivity index (χ4v) is 4.97. The van der Waals surface area contributed by atoms with Crippen LogP contribution in [-0.4, -0.2) is 79.3 Å². The molecule has 4 fully saturated rings. The Morgan fingerprint density at radius 3 is 2.61 bits per heavy atom. The number of nitrogens with one attached hydrogen (secondary N) is 2. The van der Waals surface area contributed by atoms with Gasteiger partial charge in [0.15, 0.2) is 5.78 Å². The maximum absolute atomic E-state index is 13.2. The van der Waals surface area contributed by atoms with E-state index in [9.17, 15) is 32.3 Å². The van der Waals surface area contributed by atoms with E-state index in [-0.39, 0.29) is 23.7 Å². The smallest absolute Gasteiger partial charge is 0.368 e. The van der Waals surface area contributed by atoms with Gasteiger partial charge in [0.25, 0.3) is 5.91 Å². The number of rotatable bonds is 8. The van der Waals surface area contributed by atoms with Crippen molar-refractivity contribution in [3.8, 4) is 0 Å². The largest absolute Gasteiger partial charge is 0.522 e. The molecule has 0 aromatic carbocycles. The first kappa shape index (κ1) is 23.9. The Labute approximate surface area is 188 Å². The molecular formula is C21H28F3N3O6. The summed E-state index contributed by atoms with van der Waals surface area (Å²) in [5, 5.41) is 5.14. The van der Waals surface area contributed by atoms with Crippen LogP contribution in [0.15, 0.2) is 0 Å². The zero-order chi connectivity index (χ0) is 23.8. The van der Waals surface area contributed by atoms with Gasteiger partial charge in [0, 0.05) is 25.6 Å². The summed E-state index contributed by atoms with van der Waals surface area (Å²) in [5.74, 6) is -2.76. The highest BCUT2D eigenvalue weighted by Crippen LogP contribution is 2.55. The molecule has 0 radical (unpaired) electrons. The lowest BCUT2D eigenvalue weighted by molar-refractivity contribution is -0.321. The molecule has 0 bridgehead atoms.